The van der Waals surface area contributed by atoms with Crippen molar-refractivity contribution in [3.8, 4) is 34.2 Å². The van der Waals surface area contributed by atoms with Crippen LogP contribution in [-0.2, 0) is 19.4 Å². The van der Waals surface area contributed by atoms with E-state index in [0.717, 1.165) is 35.1 Å². The fourth-order valence-corrected chi connectivity index (χ4v) is 7.76. The molecule has 0 spiro atoms. The molecule has 6 aromatic rings. The summed E-state index contributed by atoms with van der Waals surface area (Å²) in [5.41, 5.74) is 4.36. The summed E-state index contributed by atoms with van der Waals surface area (Å²) in [6, 6.07) is 18.8. The Kier molecular flexibility index (Phi) is 6.66. The van der Waals surface area contributed by atoms with Crippen molar-refractivity contribution < 1.29 is 9.50 Å². The third-order valence-corrected chi connectivity index (χ3v) is 9.94. The molecule has 0 amide bonds. The molecule has 3 fully saturated rings. The minimum Gasteiger partial charge on any atom is -0.508 e. The molecule has 2 aliphatic heterocycles. The molecule has 46 heavy (non-hydrogen) atoms. The molecular formula is C37H33FN6O2. The number of hydrogen-bond acceptors (Lipinski definition) is 6. The second kappa shape index (κ2) is 10.8. The van der Waals surface area contributed by atoms with E-state index in [2.05, 4.69) is 22.9 Å². The Morgan fingerprint density at radius 2 is 1.93 bits per heavy atom. The second-order valence-corrected chi connectivity index (χ2v) is 12.4. The minimum absolute atomic E-state index is 0.0315. The van der Waals surface area contributed by atoms with Gasteiger partial charge in [-0.15, -0.1) is 0 Å². The Bertz CT molecular complexity index is 2300. The fraction of sp³-hybridized carbons (Fsp3) is 0.297. The van der Waals surface area contributed by atoms with E-state index in [1.807, 2.05) is 37.3 Å². The van der Waals surface area contributed by atoms with Gasteiger partial charge in [0.25, 0.3) is 5.56 Å². The lowest BCUT2D eigenvalue weighted by Crippen LogP contribution is -2.39. The first-order chi connectivity index (χ1) is 22.4. The van der Waals surface area contributed by atoms with Crippen LogP contribution < -0.4 is 10.9 Å². The maximum atomic E-state index is 17.5. The second-order valence-electron chi connectivity index (χ2n) is 12.4. The smallest absolute Gasteiger partial charge is 0.250 e. The predicted molar refractivity (Wildman–Crippen MR) is 177 cm³/mol. The summed E-state index contributed by atoms with van der Waals surface area (Å²) in [6.07, 6.45) is 4.10. The van der Waals surface area contributed by atoms with Gasteiger partial charge in [0.15, 0.2) is 5.82 Å². The van der Waals surface area contributed by atoms with Crippen LogP contribution in [0.15, 0.2) is 65.6 Å². The summed E-state index contributed by atoms with van der Waals surface area (Å²) in [5, 5.41) is 26.2. The van der Waals surface area contributed by atoms with Crippen LogP contribution in [-0.4, -0.2) is 36.8 Å². The number of phenolic OH excluding ortho intramolecular Hbond substituents is 1. The average molecular weight is 613 g/mol. The molecule has 5 heterocycles. The summed E-state index contributed by atoms with van der Waals surface area (Å²) in [4.78, 5) is 22.7. The third kappa shape index (κ3) is 4.17. The highest BCUT2D eigenvalue weighted by molar-refractivity contribution is 6.10. The van der Waals surface area contributed by atoms with Crippen molar-refractivity contribution in [2.75, 3.05) is 6.54 Å². The molecule has 0 radical (unpaired) electrons. The van der Waals surface area contributed by atoms with E-state index in [4.69, 9.17) is 9.97 Å². The number of hydrogen-bond donors (Lipinski definition) is 2. The Hall–Kier alpha value is -5.07. The van der Waals surface area contributed by atoms with Gasteiger partial charge < -0.3 is 19.6 Å². The van der Waals surface area contributed by atoms with E-state index < -0.39 is 5.82 Å². The van der Waals surface area contributed by atoms with Crippen LogP contribution in [0.2, 0.25) is 0 Å². The van der Waals surface area contributed by atoms with E-state index in [-0.39, 0.29) is 29.3 Å². The third-order valence-electron chi connectivity index (χ3n) is 9.94. The van der Waals surface area contributed by atoms with Crippen molar-refractivity contribution in [3.63, 3.8) is 0 Å². The zero-order valence-electron chi connectivity index (χ0n) is 25.7. The number of aromatic nitrogens is 4. The van der Waals surface area contributed by atoms with E-state index >= 15 is 4.39 Å². The Labute approximate surface area is 264 Å². The molecule has 1 aliphatic carbocycles. The Balaban J connectivity index is 1.52. The molecule has 2 saturated heterocycles. The van der Waals surface area contributed by atoms with E-state index in [1.165, 1.54) is 6.07 Å². The standard InChI is InChI=1S/C37H33FN6O2/c1-3-29-41-35-33(22-11-12-30(46)43(4-2)19-22)42-34-27(37(35)44(29)36-23-16-28(36)40-18-23)15-21(9-7-13-39)31(32(34)38)26-17-24(45)14-20-8-5-6-10-25(20)26/h5-6,8,10-12,14-15,17,19,23,28,36,40,45H,3-4,7,9,16,18H2,1-2H3. The van der Waals surface area contributed by atoms with E-state index in [1.54, 1.807) is 29.0 Å². The number of nitrogens with one attached hydrogen (secondary N) is 1. The molecule has 3 atom stereocenters. The number of aromatic hydroxyl groups is 1. The number of pyridine rings is 2. The predicted octanol–water partition coefficient (Wildman–Crippen LogP) is 6.65. The van der Waals surface area contributed by atoms with Gasteiger partial charge in [0.1, 0.15) is 28.3 Å². The van der Waals surface area contributed by atoms with Crippen molar-refractivity contribution in [1.29, 1.82) is 5.26 Å². The highest BCUT2D eigenvalue weighted by Crippen LogP contribution is 2.48. The molecular weight excluding hydrogens is 579 g/mol. The fourth-order valence-electron chi connectivity index (χ4n) is 7.76. The van der Waals surface area contributed by atoms with Crippen LogP contribution in [0.1, 0.15) is 44.1 Å². The monoisotopic (exact) mass is 612 g/mol. The van der Waals surface area contributed by atoms with Gasteiger partial charge in [-0.2, -0.15) is 5.26 Å². The summed E-state index contributed by atoms with van der Waals surface area (Å²) in [7, 11) is 0. The van der Waals surface area contributed by atoms with Gasteiger partial charge in [0, 0.05) is 60.7 Å². The summed E-state index contributed by atoms with van der Waals surface area (Å²) >= 11 is 0. The van der Waals surface area contributed by atoms with Crippen molar-refractivity contribution >= 4 is 32.7 Å². The molecule has 9 rings (SSSR count). The first-order valence-corrected chi connectivity index (χ1v) is 16.0. The zero-order chi connectivity index (χ0) is 31.7. The molecule has 3 aromatic carbocycles. The van der Waals surface area contributed by atoms with Gasteiger partial charge in [-0.1, -0.05) is 31.2 Å². The lowest BCUT2D eigenvalue weighted by Gasteiger charge is -2.37. The van der Waals surface area contributed by atoms with Crippen LogP contribution in [0.5, 0.6) is 5.75 Å². The van der Waals surface area contributed by atoms with Crippen LogP contribution >= 0.6 is 0 Å². The SMILES string of the molecule is CCc1nc2c(-c3ccc(=O)n(CC)c3)nc3c(F)c(-c4cc(O)cc5ccccc45)c(CCC#N)cc3c2n1C1C2CNC1C2. The molecule has 230 valence electrons. The van der Waals surface area contributed by atoms with Gasteiger partial charge >= 0.3 is 0 Å². The molecule has 3 unspecified atom stereocenters. The topological polar surface area (TPSA) is 109 Å². The Morgan fingerprint density at radius 1 is 1.09 bits per heavy atom. The lowest BCUT2D eigenvalue weighted by atomic mass is 9.79. The number of fused-ring (bicyclic) bond motifs is 5. The number of nitrogens with zero attached hydrogens (tertiary/aromatic N) is 5. The van der Waals surface area contributed by atoms with Gasteiger partial charge in [0.05, 0.1) is 17.6 Å². The van der Waals surface area contributed by atoms with Gasteiger partial charge in [0.2, 0.25) is 0 Å². The largest absolute Gasteiger partial charge is 0.508 e. The van der Waals surface area contributed by atoms with Crippen molar-refractivity contribution in [2.24, 2.45) is 5.92 Å². The number of nitriles is 1. The van der Waals surface area contributed by atoms with E-state index in [9.17, 15) is 15.2 Å². The van der Waals surface area contributed by atoms with Gasteiger partial charge in [-0.3, -0.25) is 4.79 Å². The first-order valence-electron chi connectivity index (χ1n) is 16.0. The molecule has 3 aromatic heterocycles. The van der Waals surface area contributed by atoms with Crippen LogP contribution in [0.3, 0.4) is 0 Å². The normalized spacial score (nSPS) is 18.8. The summed E-state index contributed by atoms with van der Waals surface area (Å²) in [6.45, 7) is 5.42. The van der Waals surface area contributed by atoms with Crippen LogP contribution in [0.25, 0.3) is 55.1 Å². The maximum Gasteiger partial charge on any atom is 0.250 e. The summed E-state index contributed by atoms with van der Waals surface area (Å²) in [5.74, 6) is 0.902. The molecule has 1 saturated carbocycles. The Morgan fingerprint density at radius 3 is 2.67 bits per heavy atom. The number of benzene rings is 3. The van der Waals surface area contributed by atoms with Crippen LogP contribution in [0.4, 0.5) is 4.39 Å². The van der Waals surface area contributed by atoms with Crippen LogP contribution in [0, 0.1) is 23.1 Å². The quantitative estimate of drug-likeness (QED) is 0.209. The van der Waals surface area contributed by atoms with Gasteiger partial charge in [-0.25, -0.2) is 14.4 Å². The molecule has 2 bridgehead atoms. The molecule has 3 aliphatic rings. The highest BCUT2D eigenvalue weighted by atomic mass is 19.1. The molecule has 9 heteroatoms. The first kappa shape index (κ1) is 28.4. The van der Waals surface area contributed by atoms with Gasteiger partial charge in [-0.05, 0) is 71.8 Å². The van der Waals surface area contributed by atoms with Crippen molar-refractivity contribution in [3.05, 3.63) is 88.4 Å². The number of phenols is 1. The molecule has 2 N–H and O–H groups in total. The highest BCUT2D eigenvalue weighted by Gasteiger charge is 2.49. The molecule has 8 nitrogen and oxygen atoms in total. The lowest BCUT2D eigenvalue weighted by molar-refractivity contribution is 0.221. The number of imidazole rings is 1. The zero-order valence-corrected chi connectivity index (χ0v) is 25.7. The van der Waals surface area contributed by atoms with E-state index in [0.29, 0.717) is 70.2 Å². The number of rotatable bonds is 7. The number of halogens is 1. The van der Waals surface area contributed by atoms with Crippen molar-refractivity contribution in [2.45, 2.75) is 58.2 Å². The minimum atomic E-state index is -0.506. The van der Waals surface area contributed by atoms with Crippen molar-refractivity contribution in [1.82, 2.24) is 24.4 Å². The maximum absolute atomic E-state index is 17.5. The average Bonchev–Trinajstić information content (AvgIpc) is 3.80. The number of aryl methyl sites for hydroxylation is 3. The summed E-state index contributed by atoms with van der Waals surface area (Å²) < 4.78 is 21.4.